The molecule has 1 heterocycles. The van der Waals surface area contributed by atoms with Crippen molar-refractivity contribution in [1.82, 2.24) is 10.2 Å². The van der Waals surface area contributed by atoms with Crippen LogP contribution in [0.1, 0.15) is 44.9 Å². The first-order valence-corrected chi connectivity index (χ1v) is 7.93. The number of carbonyl (C=O) groups is 1. The Balaban J connectivity index is 1.91. The van der Waals surface area contributed by atoms with Crippen LogP contribution in [0.25, 0.3) is 0 Å². The average molecular weight is 284 g/mol. The van der Waals surface area contributed by atoms with E-state index in [1.807, 2.05) is 0 Å². The van der Waals surface area contributed by atoms with Crippen molar-refractivity contribution < 1.29 is 14.6 Å². The molecule has 116 valence electrons. The van der Waals surface area contributed by atoms with Gasteiger partial charge in [0, 0.05) is 19.6 Å². The van der Waals surface area contributed by atoms with Gasteiger partial charge in [-0.15, -0.1) is 0 Å². The van der Waals surface area contributed by atoms with E-state index in [0.29, 0.717) is 13.0 Å². The van der Waals surface area contributed by atoms with Crippen LogP contribution in [0.3, 0.4) is 0 Å². The molecule has 5 nitrogen and oxygen atoms in total. The molecule has 0 aromatic rings. The lowest BCUT2D eigenvalue weighted by Crippen LogP contribution is -2.52. The predicted octanol–water partition coefficient (Wildman–Crippen LogP) is 0.907. The summed E-state index contributed by atoms with van der Waals surface area (Å²) in [5, 5.41) is 13.7. The van der Waals surface area contributed by atoms with Gasteiger partial charge in [0.25, 0.3) is 0 Å². The number of nitrogens with zero attached hydrogens (tertiary/aromatic N) is 1. The van der Waals surface area contributed by atoms with E-state index in [9.17, 15) is 9.90 Å². The summed E-state index contributed by atoms with van der Waals surface area (Å²) in [5.74, 6) is -0.0158. The maximum absolute atomic E-state index is 11.8. The molecule has 20 heavy (non-hydrogen) atoms. The molecule has 1 saturated carbocycles. The summed E-state index contributed by atoms with van der Waals surface area (Å²) < 4.78 is 4.92. The van der Waals surface area contributed by atoms with Gasteiger partial charge < -0.3 is 15.2 Å². The lowest BCUT2D eigenvalue weighted by molar-refractivity contribution is -0.124. The van der Waals surface area contributed by atoms with Crippen LogP contribution in [-0.2, 0) is 9.53 Å². The zero-order valence-electron chi connectivity index (χ0n) is 12.5. The molecule has 1 amide bonds. The second kappa shape index (κ2) is 7.96. The SMILES string of the molecule is COCCC(=O)N[C@@H]1CCCC[C@@H](N2CCCC2)[C@@H]1O. The molecule has 0 spiro atoms. The van der Waals surface area contributed by atoms with Crippen molar-refractivity contribution >= 4 is 5.91 Å². The lowest BCUT2D eigenvalue weighted by atomic mass is 10.00. The molecule has 0 bridgehead atoms. The van der Waals surface area contributed by atoms with Crippen LogP contribution in [0.2, 0.25) is 0 Å². The number of amides is 1. The topological polar surface area (TPSA) is 61.8 Å². The highest BCUT2D eigenvalue weighted by molar-refractivity contribution is 5.76. The number of carbonyl (C=O) groups excluding carboxylic acids is 1. The first-order valence-electron chi connectivity index (χ1n) is 7.93. The number of aliphatic hydroxyl groups excluding tert-OH is 1. The number of ether oxygens (including phenoxy) is 1. The van der Waals surface area contributed by atoms with Gasteiger partial charge in [-0.25, -0.2) is 0 Å². The Kier molecular flexibility index (Phi) is 6.26. The fourth-order valence-electron chi connectivity index (χ4n) is 3.43. The van der Waals surface area contributed by atoms with Crippen LogP contribution in [0, 0.1) is 0 Å². The monoisotopic (exact) mass is 284 g/mol. The molecule has 2 N–H and O–H groups in total. The number of nitrogens with one attached hydrogen (secondary N) is 1. The van der Waals surface area contributed by atoms with E-state index in [1.165, 1.54) is 12.8 Å². The summed E-state index contributed by atoms with van der Waals surface area (Å²) >= 11 is 0. The van der Waals surface area contributed by atoms with Crippen LogP contribution < -0.4 is 5.32 Å². The average Bonchev–Trinajstić information content (AvgIpc) is 2.91. The smallest absolute Gasteiger partial charge is 0.222 e. The third-order valence-corrected chi connectivity index (χ3v) is 4.56. The summed E-state index contributed by atoms with van der Waals surface area (Å²) in [7, 11) is 1.59. The summed E-state index contributed by atoms with van der Waals surface area (Å²) in [5.41, 5.74) is 0. The number of rotatable bonds is 5. The molecular weight excluding hydrogens is 256 g/mol. The fourth-order valence-corrected chi connectivity index (χ4v) is 3.43. The van der Waals surface area contributed by atoms with Gasteiger partial charge in [-0.2, -0.15) is 0 Å². The van der Waals surface area contributed by atoms with Gasteiger partial charge in [0.15, 0.2) is 0 Å². The number of methoxy groups -OCH3 is 1. The van der Waals surface area contributed by atoms with E-state index in [-0.39, 0.29) is 18.0 Å². The van der Waals surface area contributed by atoms with E-state index in [4.69, 9.17) is 4.74 Å². The van der Waals surface area contributed by atoms with Crippen molar-refractivity contribution in [3.8, 4) is 0 Å². The first-order chi connectivity index (χ1) is 9.72. The highest BCUT2D eigenvalue weighted by Gasteiger charge is 2.35. The summed E-state index contributed by atoms with van der Waals surface area (Å²) in [6.07, 6.45) is 6.54. The van der Waals surface area contributed by atoms with E-state index >= 15 is 0 Å². The molecule has 0 aromatic heterocycles. The third-order valence-electron chi connectivity index (χ3n) is 4.56. The maximum atomic E-state index is 11.8. The normalized spacial score (nSPS) is 32.0. The Morgan fingerprint density at radius 1 is 1.25 bits per heavy atom. The number of hydrogen-bond donors (Lipinski definition) is 2. The minimum Gasteiger partial charge on any atom is -0.389 e. The second-order valence-corrected chi connectivity index (χ2v) is 6.00. The Morgan fingerprint density at radius 3 is 2.65 bits per heavy atom. The largest absolute Gasteiger partial charge is 0.389 e. The molecule has 2 rings (SSSR count). The Labute approximate surface area is 121 Å². The van der Waals surface area contributed by atoms with Gasteiger partial charge in [0.1, 0.15) is 0 Å². The van der Waals surface area contributed by atoms with Crippen molar-refractivity contribution in [1.29, 1.82) is 0 Å². The first kappa shape index (κ1) is 15.7. The second-order valence-electron chi connectivity index (χ2n) is 6.00. The summed E-state index contributed by atoms with van der Waals surface area (Å²) in [6, 6.07) is 0.111. The van der Waals surface area contributed by atoms with Crippen LogP contribution in [0.15, 0.2) is 0 Å². The molecule has 3 atom stereocenters. The summed E-state index contributed by atoms with van der Waals surface area (Å²) in [4.78, 5) is 14.2. The minimum absolute atomic E-state index is 0.0158. The molecule has 0 aromatic carbocycles. The van der Waals surface area contributed by atoms with E-state index < -0.39 is 6.10 Å². The van der Waals surface area contributed by atoms with Crippen LogP contribution >= 0.6 is 0 Å². The van der Waals surface area contributed by atoms with Gasteiger partial charge >= 0.3 is 0 Å². The Bertz CT molecular complexity index is 305. The van der Waals surface area contributed by atoms with Gasteiger partial charge in [-0.3, -0.25) is 9.69 Å². The van der Waals surface area contributed by atoms with E-state index in [0.717, 1.165) is 38.8 Å². The van der Waals surface area contributed by atoms with E-state index in [2.05, 4.69) is 10.2 Å². The highest BCUT2D eigenvalue weighted by atomic mass is 16.5. The van der Waals surface area contributed by atoms with Gasteiger partial charge in [0.2, 0.25) is 5.91 Å². The molecule has 0 radical (unpaired) electrons. The van der Waals surface area contributed by atoms with Crippen LogP contribution in [-0.4, -0.2) is 60.9 Å². The van der Waals surface area contributed by atoms with Crippen LogP contribution in [0.5, 0.6) is 0 Å². The van der Waals surface area contributed by atoms with Crippen molar-refractivity contribution in [3.05, 3.63) is 0 Å². The lowest BCUT2D eigenvalue weighted by Gasteiger charge is -2.34. The van der Waals surface area contributed by atoms with Gasteiger partial charge in [-0.1, -0.05) is 12.8 Å². The number of aliphatic hydroxyl groups is 1. The Hall–Kier alpha value is -0.650. The Morgan fingerprint density at radius 2 is 1.95 bits per heavy atom. The molecular formula is C15H28N2O3. The summed E-state index contributed by atoms with van der Waals surface area (Å²) in [6.45, 7) is 2.61. The third kappa shape index (κ3) is 4.17. The number of hydrogen-bond acceptors (Lipinski definition) is 4. The molecule has 2 aliphatic rings. The highest BCUT2D eigenvalue weighted by Crippen LogP contribution is 2.25. The minimum atomic E-state index is -0.443. The van der Waals surface area contributed by atoms with Crippen molar-refractivity contribution in [2.75, 3.05) is 26.8 Å². The molecule has 0 unspecified atom stereocenters. The molecule has 2 fully saturated rings. The van der Waals surface area contributed by atoms with Gasteiger partial charge in [-0.05, 0) is 38.8 Å². The predicted molar refractivity (Wildman–Crippen MR) is 77.5 cm³/mol. The van der Waals surface area contributed by atoms with Gasteiger partial charge in [0.05, 0.1) is 18.8 Å². The van der Waals surface area contributed by atoms with Crippen molar-refractivity contribution in [2.45, 2.75) is 63.1 Å². The zero-order chi connectivity index (χ0) is 14.4. The number of likely N-dealkylation sites (tertiary alicyclic amines) is 1. The van der Waals surface area contributed by atoms with Crippen molar-refractivity contribution in [2.24, 2.45) is 0 Å². The fraction of sp³-hybridized carbons (Fsp3) is 0.933. The molecule has 5 heteroatoms. The molecule has 1 aliphatic heterocycles. The van der Waals surface area contributed by atoms with E-state index in [1.54, 1.807) is 7.11 Å². The quantitative estimate of drug-likeness (QED) is 0.737. The molecule has 1 saturated heterocycles. The van der Waals surface area contributed by atoms with Crippen molar-refractivity contribution in [3.63, 3.8) is 0 Å². The maximum Gasteiger partial charge on any atom is 0.222 e. The van der Waals surface area contributed by atoms with Crippen LogP contribution in [0.4, 0.5) is 0 Å². The zero-order valence-corrected chi connectivity index (χ0v) is 12.5. The standard InChI is InChI=1S/C15H28N2O3/c1-20-11-8-14(18)16-12-6-2-3-7-13(15(12)19)17-9-4-5-10-17/h12-13,15,19H,2-11H2,1H3,(H,16,18)/t12-,13-,15-/m1/s1. The molecule has 1 aliphatic carbocycles.